The summed E-state index contributed by atoms with van der Waals surface area (Å²) >= 11 is 1.81. The lowest BCUT2D eigenvalue weighted by atomic mass is 9.95. The number of aromatic nitrogens is 3. The minimum Gasteiger partial charge on any atom is -0.377 e. The van der Waals surface area contributed by atoms with Gasteiger partial charge < -0.3 is 9.30 Å². The zero-order valence-electron chi connectivity index (χ0n) is 18.3. The highest BCUT2D eigenvalue weighted by atomic mass is 32.2. The maximum atomic E-state index is 5.82. The van der Waals surface area contributed by atoms with E-state index in [1.165, 1.54) is 17.6 Å². The normalized spacial score (nSPS) is 21.4. The summed E-state index contributed by atoms with van der Waals surface area (Å²) in [6.07, 6.45) is 7.23. The average molecular weight is 427 g/mol. The van der Waals surface area contributed by atoms with Gasteiger partial charge in [-0.3, -0.25) is 4.90 Å². The van der Waals surface area contributed by atoms with Crippen molar-refractivity contribution in [3.05, 3.63) is 53.4 Å². The predicted octanol–water partition coefficient (Wildman–Crippen LogP) is 4.74. The largest absolute Gasteiger partial charge is 0.377 e. The van der Waals surface area contributed by atoms with Crippen molar-refractivity contribution in [2.75, 3.05) is 32.0 Å². The molecule has 0 aliphatic carbocycles. The monoisotopic (exact) mass is 426 g/mol. The summed E-state index contributed by atoms with van der Waals surface area (Å²) in [5.74, 6) is 2.62. The zero-order valence-corrected chi connectivity index (χ0v) is 19.1. The fraction of sp³-hybridized carbons (Fsp3) is 0.583. The van der Waals surface area contributed by atoms with Crippen LogP contribution in [0.3, 0.4) is 0 Å². The smallest absolute Gasteiger partial charge is 0.191 e. The van der Waals surface area contributed by atoms with E-state index in [2.05, 4.69) is 64.8 Å². The molecule has 2 aliphatic heterocycles. The first kappa shape index (κ1) is 21.6. The molecule has 0 unspecified atom stereocenters. The molecule has 5 nitrogen and oxygen atoms in total. The van der Waals surface area contributed by atoms with E-state index in [-0.39, 0.29) is 0 Å². The number of rotatable bonds is 8. The first-order valence-corrected chi connectivity index (χ1v) is 12.3. The van der Waals surface area contributed by atoms with Crippen LogP contribution in [0.25, 0.3) is 0 Å². The molecule has 6 heteroatoms. The molecule has 0 amide bonds. The van der Waals surface area contributed by atoms with Crippen LogP contribution in [0.2, 0.25) is 0 Å². The number of allylic oxidation sites excluding steroid dienone is 1. The van der Waals surface area contributed by atoms with Crippen molar-refractivity contribution in [2.24, 2.45) is 0 Å². The van der Waals surface area contributed by atoms with E-state index in [1.54, 1.807) is 11.8 Å². The van der Waals surface area contributed by atoms with Crippen LogP contribution in [0.15, 0.2) is 47.1 Å². The third-order valence-corrected chi connectivity index (χ3v) is 7.37. The molecular formula is C24H34N4OS. The molecule has 1 atom stereocenters. The molecule has 30 heavy (non-hydrogen) atoms. The van der Waals surface area contributed by atoms with Crippen LogP contribution in [-0.2, 0) is 11.3 Å². The van der Waals surface area contributed by atoms with Gasteiger partial charge in [0.15, 0.2) is 5.16 Å². The molecule has 0 saturated carbocycles. The molecule has 162 valence electrons. The van der Waals surface area contributed by atoms with Gasteiger partial charge in [-0.15, -0.1) is 10.2 Å². The summed E-state index contributed by atoms with van der Waals surface area (Å²) in [6, 6.07) is 10.7. The highest BCUT2D eigenvalue weighted by Gasteiger charge is 2.27. The molecule has 0 radical (unpaired) electrons. The number of hydrogen-bond acceptors (Lipinski definition) is 5. The van der Waals surface area contributed by atoms with E-state index in [0.29, 0.717) is 12.0 Å². The Kier molecular flexibility index (Phi) is 7.63. The van der Waals surface area contributed by atoms with Gasteiger partial charge in [0.25, 0.3) is 0 Å². The Morgan fingerprint density at radius 1 is 1.17 bits per heavy atom. The Hall–Kier alpha value is -1.63. The molecule has 2 saturated heterocycles. The number of thioether (sulfide) groups is 1. The molecule has 2 aromatic rings. The Balaban J connectivity index is 1.47. The van der Waals surface area contributed by atoms with E-state index in [0.717, 1.165) is 68.8 Å². The van der Waals surface area contributed by atoms with Crippen LogP contribution < -0.4 is 0 Å². The maximum Gasteiger partial charge on any atom is 0.191 e. The van der Waals surface area contributed by atoms with Crippen LogP contribution in [0, 0.1) is 0 Å². The second-order valence-corrected chi connectivity index (χ2v) is 9.53. The SMILES string of the molecule is C/C=C(\C)CN1CCC(c2nnc(SC[C@H]3CCCO3)n2Cc2ccccc2)CC1. The molecule has 0 N–H and O–H groups in total. The number of nitrogens with zero attached hydrogens (tertiary/aromatic N) is 4. The standard InChI is InChI=1S/C24H34N4OS/c1-3-19(2)16-27-13-11-21(12-14-27)23-25-26-24(30-18-22-10-7-15-29-22)28(23)17-20-8-5-4-6-9-20/h3-6,8-9,21-22H,7,10-18H2,1-2H3/b19-3+/t22-/m1/s1. The van der Waals surface area contributed by atoms with Crippen molar-refractivity contribution < 1.29 is 4.74 Å². The second kappa shape index (κ2) is 10.6. The quantitative estimate of drug-likeness (QED) is 0.450. The fourth-order valence-corrected chi connectivity index (χ4v) is 5.37. The minimum atomic E-state index is 0.360. The average Bonchev–Trinajstić information content (AvgIpc) is 3.44. The zero-order chi connectivity index (χ0) is 20.8. The Morgan fingerprint density at radius 2 is 1.97 bits per heavy atom. The van der Waals surface area contributed by atoms with E-state index < -0.39 is 0 Å². The van der Waals surface area contributed by atoms with Crippen molar-refractivity contribution in [1.29, 1.82) is 0 Å². The van der Waals surface area contributed by atoms with E-state index >= 15 is 0 Å². The second-order valence-electron chi connectivity index (χ2n) is 8.54. The van der Waals surface area contributed by atoms with Gasteiger partial charge >= 0.3 is 0 Å². The van der Waals surface area contributed by atoms with Gasteiger partial charge in [0.2, 0.25) is 0 Å². The summed E-state index contributed by atoms with van der Waals surface area (Å²) in [6.45, 7) is 9.44. The van der Waals surface area contributed by atoms with E-state index in [1.807, 2.05) is 0 Å². The lowest BCUT2D eigenvalue weighted by molar-refractivity contribution is 0.129. The van der Waals surface area contributed by atoms with Gasteiger partial charge in [-0.05, 0) is 58.2 Å². The number of likely N-dealkylation sites (tertiary alicyclic amines) is 1. The summed E-state index contributed by atoms with van der Waals surface area (Å²) in [5.41, 5.74) is 2.76. The Bertz CT molecular complexity index is 821. The highest BCUT2D eigenvalue weighted by molar-refractivity contribution is 7.99. The topological polar surface area (TPSA) is 43.2 Å². The molecule has 0 bridgehead atoms. The number of hydrogen-bond donors (Lipinski definition) is 0. The van der Waals surface area contributed by atoms with Crippen molar-refractivity contribution in [3.8, 4) is 0 Å². The van der Waals surface area contributed by atoms with Gasteiger partial charge in [-0.25, -0.2) is 0 Å². The molecule has 3 heterocycles. The molecule has 2 aliphatic rings. The van der Waals surface area contributed by atoms with E-state index in [4.69, 9.17) is 9.84 Å². The molecule has 4 rings (SSSR count). The molecule has 0 spiro atoms. The lowest BCUT2D eigenvalue weighted by Gasteiger charge is -2.32. The van der Waals surface area contributed by atoms with Gasteiger partial charge in [-0.2, -0.15) is 0 Å². The van der Waals surface area contributed by atoms with Crippen molar-refractivity contribution in [3.63, 3.8) is 0 Å². The molecule has 1 aromatic heterocycles. The molecule has 2 fully saturated rings. The lowest BCUT2D eigenvalue weighted by Crippen LogP contribution is -2.34. The number of ether oxygens (including phenoxy) is 1. The number of benzene rings is 1. The summed E-state index contributed by atoms with van der Waals surface area (Å²) in [5, 5.41) is 10.4. The van der Waals surface area contributed by atoms with Crippen molar-refractivity contribution in [2.45, 2.75) is 63.3 Å². The molecule has 1 aromatic carbocycles. The van der Waals surface area contributed by atoms with Gasteiger partial charge in [0.1, 0.15) is 5.82 Å². The first-order chi connectivity index (χ1) is 14.7. The first-order valence-electron chi connectivity index (χ1n) is 11.3. The van der Waals surface area contributed by atoms with Crippen LogP contribution in [0.5, 0.6) is 0 Å². The van der Waals surface area contributed by atoms with Crippen LogP contribution in [0.4, 0.5) is 0 Å². The number of piperidine rings is 1. The van der Waals surface area contributed by atoms with Crippen LogP contribution >= 0.6 is 11.8 Å². The highest BCUT2D eigenvalue weighted by Crippen LogP contribution is 2.31. The minimum absolute atomic E-state index is 0.360. The van der Waals surface area contributed by atoms with Gasteiger partial charge in [-0.1, -0.05) is 53.7 Å². The Labute approximate surface area is 184 Å². The van der Waals surface area contributed by atoms with Crippen LogP contribution in [-0.4, -0.2) is 57.8 Å². The van der Waals surface area contributed by atoms with Gasteiger partial charge in [0, 0.05) is 24.8 Å². The van der Waals surface area contributed by atoms with Gasteiger partial charge in [0.05, 0.1) is 12.6 Å². The van der Waals surface area contributed by atoms with Crippen molar-refractivity contribution >= 4 is 11.8 Å². The third-order valence-electron chi connectivity index (χ3n) is 6.27. The Morgan fingerprint density at radius 3 is 2.67 bits per heavy atom. The summed E-state index contributed by atoms with van der Waals surface area (Å²) in [4.78, 5) is 2.57. The summed E-state index contributed by atoms with van der Waals surface area (Å²) in [7, 11) is 0. The molecular weight excluding hydrogens is 392 g/mol. The predicted molar refractivity (Wildman–Crippen MR) is 123 cm³/mol. The fourth-order valence-electron chi connectivity index (χ4n) is 4.36. The van der Waals surface area contributed by atoms with E-state index in [9.17, 15) is 0 Å². The van der Waals surface area contributed by atoms with Crippen molar-refractivity contribution in [1.82, 2.24) is 19.7 Å². The third kappa shape index (κ3) is 5.54. The summed E-state index contributed by atoms with van der Waals surface area (Å²) < 4.78 is 8.19. The van der Waals surface area contributed by atoms with Crippen LogP contribution in [0.1, 0.15) is 56.8 Å². The maximum absolute atomic E-state index is 5.82.